The molecule has 4 heterocycles. The molecule has 0 radical (unpaired) electrons. The average molecular weight is 839 g/mol. The first-order valence-corrected chi connectivity index (χ1v) is 19.6. The van der Waals surface area contributed by atoms with Gasteiger partial charge in [-0.1, -0.05) is 121 Å². The summed E-state index contributed by atoms with van der Waals surface area (Å²) < 4.78 is 0. The Morgan fingerprint density at radius 1 is 0.339 bits per heavy atom. The number of aromatic carboxylic acids is 4. The van der Waals surface area contributed by atoms with Crippen molar-refractivity contribution >= 4 is 47.2 Å². The summed E-state index contributed by atoms with van der Waals surface area (Å²) in [5, 5.41) is 47.9. The molecule has 0 saturated heterocycles. The maximum absolute atomic E-state index is 10.8. The maximum Gasteiger partial charge on any atom is 0.336 e. The predicted octanol–water partition coefficient (Wildman–Crippen LogP) is 4.63. The van der Waals surface area contributed by atoms with E-state index in [0.29, 0.717) is 12.1 Å². The molecule has 0 spiro atoms. The Kier molecular flexibility index (Phi) is 17.0. The van der Waals surface area contributed by atoms with Gasteiger partial charge in [-0.3, -0.25) is 20.0 Å². The molecule has 0 aromatic heterocycles. The smallest absolute Gasteiger partial charge is 0.336 e. The van der Waals surface area contributed by atoms with Gasteiger partial charge in [0.2, 0.25) is 0 Å². The number of carboxylic acids is 4. The second kappa shape index (κ2) is 23.5. The minimum absolute atomic E-state index is 0.511. The molecular formula is C46H46N8O8. The number of hydrogen-bond donors (Lipinski definition) is 8. The van der Waals surface area contributed by atoms with Gasteiger partial charge in [0.05, 0.1) is 48.4 Å². The van der Waals surface area contributed by atoms with Gasteiger partial charge in [-0.15, -0.1) is 0 Å². The average Bonchev–Trinajstić information content (AvgIpc) is 4.17. The summed E-state index contributed by atoms with van der Waals surface area (Å²) in [7, 11) is 0. The van der Waals surface area contributed by atoms with E-state index >= 15 is 0 Å². The number of hydrogen-bond acceptors (Lipinski definition) is 12. The highest BCUT2D eigenvalue weighted by Gasteiger charge is 2.25. The third kappa shape index (κ3) is 13.5. The molecule has 0 amide bonds. The zero-order chi connectivity index (χ0) is 44.1. The molecule has 5 aromatic carbocycles. The molecule has 4 aliphatic heterocycles. The zero-order valence-electron chi connectivity index (χ0n) is 33.6. The van der Waals surface area contributed by atoms with Crippen molar-refractivity contribution in [3.8, 4) is 0 Å². The summed E-state index contributed by atoms with van der Waals surface area (Å²) in [4.78, 5) is 60.4. The standard InChI is InChI=1S/C10H6O8.4C9H10N2/c11-7(12)3-1-4(8(13)14)6(10(17)18)2-5(3)9(15)16;4*1-2-4-8(5-3-1)9-10-6-7-11-9/h1-2H,(H,11,12)(H,13,14)(H,15,16)(H,17,18);4*1-5H,6-7H2,(H,10,11). The topological polar surface area (TPSA) is 247 Å². The van der Waals surface area contributed by atoms with Crippen LogP contribution in [0.1, 0.15) is 63.7 Å². The van der Waals surface area contributed by atoms with Gasteiger partial charge in [0.25, 0.3) is 0 Å². The van der Waals surface area contributed by atoms with E-state index in [-0.39, 0.29) is 0 Å². The zero-order valence-corrected chi connectivity index (χ0v) is 33.6. The van der Waals surface area contributed by atoms with E-state index in [4.69, 9.17) is 20.4 Å². The Morgan fingerprint density at radius 2 is 0.532 bits per heavy atom. The number of nitrogens with one attached hydrogen (secondary N) is 4. The van der Waals surface area contributed by atoms with E-state index in [9.17, 15) is 19.2 Å². The molecule has 8 N–H and O–H groups in total. The lowest BCUT2D eigenvalue weighted by molar-refractivity contribution is 0.0637. The maximum atomic E-state index is 10.8. The number of rotatable bonds is 8. The van der Waals surface area contributed by atoms with E-state index < -0.39 is 46.1 Å². The van der Waals surface area contributed by atoms with E-state index in [1.54, 1.807) is 0 Å². The molecule has 0 unspecified atom stereocenters. The molecule has 16 heteroatoms. The summed E-state index contributed by atoms with van der Waals surface area (Å²) >= 11 is 0. The van der Waals surface area contributed by atoms with Crippen LogP contribution in [0.15, 0.2) is 153 Å². The second-order valence-corrected chi connectivity index (χ2v) is 13.3. The Balaban J connectivity index is 0.000000149. The fraction of sp³-hybridized carbons (Fsp3) is 0.174. The predicted molar refractivity (Wildman–Crippen MR) is 238 cm³/mol. The second-order valence-electron chi connectivity index (χ2n) is 13.3. The van der Waals surface area contributed by atoms with Crippen LogP contribution in [0.4, 0.5) is 0 Å². The Bertz CT molecular complexity index is 2090. The van der Waals surface area contributed by atoms with Crippen molar-refractivity contribution < 1.29 is 39.6 Å². The van der Waals surface area contributed by atoms with Crippen molar-refractivity contribution in [1.82, 2.24) is 21.3 Å². The largest absolute Gasteiger partial charge is 0.478 e. The molecule has 5 aromatic rings. The van der Waals surface area contributed by atoms with Crippen LogP contribution in [0.2, 0.25) is 0 Å². The van der Waals surface area contributed by atoms with Gasteiger partial charge in [-0.25, -0.2) is 19.2 Å². The molecule has 16 nitrogen and oxygen atoms in total. The molecular weight excluding hydrogens is 793 g/mol. The van der Waals surface area contributed by atoms with Gasteiger partial charge in [0.15, 0.2) is 0 Å². The van der Waals surface area contributed by atoms with Gasteiger partial charge >= 0.3 is 23.9 Å². The lowest BCUT2D eigenvalue weighted by Gasteiger charge is -2.06. The third-order valence-electron chi connectivity index (χ3n) is 8.96. The van der Waals surface area contributed by atoms with Crippen LogP contribution in [0.5, 0.6) is 0 Å². The number of aliphatic imine (C=N–C) groups is 4. The first-order valence-electron chi connectivity index (χ1n) is 19.6. The number of carbonyl (C=O) groups is 4. The summed E-state index contributed by atoms with van der Waals surface area (Å²) in [6.07, 6.45) is 0. The van der Waals surface area contributed by atoms with Crippen LogP contribution in [-0.4, -0.2) is 120 Å². The van der Waals surface area contributed by atoms with Crippen LogP contribution >= 0.6 is 0 Å². The van der Waals surface area contributed by atoms with E-state index in [2.05, 4.69) is 89.8 Å². The minimum atomic E-state index is -1.66. The van der Waals surface area contributed by atoms with Crippen LogP contribution in [-0.2, 0) is 0 Å². The van der Waals surface area contributed by atoms with E-state index in [1.165, 1.54) is 22.3 Å². The first kappa shape index (κ1) is 45.0. The SMILES string of the molecule is O=C(O)c1cc(C(=O)O)c(C(=O)O)cc1C(=O)O.c1ccc(C2=NCCN2)cc1.c1ccc(C2=NCCN2)cc1.c1ccc(C2=NCCN2)cc1.c1ccc(C2=NCCN2)cc1. The molecule has 0 fully saturated rings. The normalized spacial score (nSPS) is 14.1. The monoisotopic (exact) mass is 838 g/mol. The molecule has 0 aliphatic carbocycles. The number of carboxylic acid groups (broad SMARTS) is 4. The van der Waals surface area contributed by atoms with E-state index in [1.807, 2.05) is 72.8 Å². The van der Waals surface area contributed by atoms with Gasteiger partial charge in [-0.2, -0.15) is 0 Å². The van der Waals surface area contributed by atoms with Crippen molar-refractivity contribution in [1.29, 1.82) is 0 Å². The summed E-state index contributed by atoms with van der Waals surface area (Å²) in [6.45, 7) is 7.53. The molecule has 9 rings (SSSR count). The van der Waals surface area contributed by atoms with E-state index in [0.717, 1.165) is 75.7 Å². The first-order chi connectivity index (χ1) is 30.1. The third-order valence-corrected chi connectivity index (χ3v) is 8.96. The summed E-state index contributed by atoms with van der Waals surface area (Å²) in [5.41, 5.74) is 1.59. The molecule has 318 valence electrons. The highest BCUT2D eigenvalue weighted by Crippen LogP contribution is 2.18. The molecule has 62 heavy (non-hydrogen) atoms. The van der Waals surface area contributed by atoms with Gasteiger partial charge in [-0.05, 0) is 12.1 Å². The molecule has 0 saturated carbocycles. The summed E-state index contributed by atoms with van der Waals surface area (Å²) in [6, 6.07) is 41.8. The van der Waals surface area contributed by atoms with Crippen molar-refractivity contribution in [3.05, 3.63) is 178 Å². The minimum Gasteiger partial charge on any atom is -0.478 e. The van der Waals surface area contributed by atoms with Crippen molar-refractivity contribution in [2.45, 2.75) is 0 Å². The van der Waals surface area contributed by atoms with Gasteiger partial charge < -0.3 is 41.7 Å². The summed E-state index contributed by atoms with van der Waals surface area (Å²) in [5.74, 6) is -2.51. The number of benzene rings is 5. The van der Waals surface area contributed by atoms with Crippen LogP contribution < -0.4 is 21.3 Å². The lowest BCUT2D eigenvalue weighted by atomic mass is 9.98. The van der Waals surface area contributed by atoms with Gasteiger partial charge in [0, 0.05) is 48.4 Å². The molecule has 0 atom stereocenters. The molecule has 0 bridgehead atoms. The highest BCUT2D eigenvalue weighted by atomic mass is 16.4. The van der Waals surface area contributed by atoms with Crippen LogP contribution in [0, 0.1) is 0 Å². The van der Waals surface area contributed by atoms with Crippen molar-refractivity contribution in [2.24, 2.45) is 20.0 Å². The highest BCUT2D eigenvalue weighted by molar-refractivity contribution is 6.09. The van der Waals surface area contributed by atoms with Crippen LogP contribution in [0.25, 0.3) is 0 Å². The molecule has 4 aliphatic rings. The Hall–Kier alpha value is -8.14. The quantitative estimate of drug-likeness (QED) is 0.107. The van der Waals surface area contributed by atoms with Crippen molar-refractivity contribution in [3.63, 3.8) is 0 Å². The number of amidine groups is 4. The fourth-order valence-electron chi connectivity index (χ4n) is 6.06. The van der Waals surface area contributed by atoms with Gasteiger partial charge in [0.1, 0.15) is 23.3 Å². The number of nitrogens with zero attached hydrogens (tertiary/aromatic N) is 4. The Morgan fingerprint density at radius 3 is 0.677 bits per heavy atom. The van der Waals surface area contributed by atoms with Crippen LogP contribution in [0.3, 0.4) is 0 Å². The fourth-order valence-corrected chi connectivity index (χ4v) is 6.06. The lowest BCUT2D eigenvalue weighted by Crippen LogP contribution is -2.19. The Labute approximate surface area is 357 Å². The van der Waals surface area contributed by atoms with Crippen molar-refractivity contribution in [2.75, 3.05) is 52.4 Å².